The van der Waals surface area contributed by atoms with Crippen molar-refractivity contribution in [3.8, 4) is 0 Å². The number of urea groups is 1. The highest BCUT2D eigenvalue weighted by atomic mass is 16.4. The molecule has 3 rings (SSSR count). The molecule has 0 saturated carbocycles. The van der Waals surface area contributed by atoms with Gasteiger partial charge in [-0.05, 0) is 45.2 Å². The summed E-state index contributed by atoms with van der Waals surface area (Å²) in [7, 11) is 0. The zero-order valence-electron chi connectivity index (χ0n) is 12.2. The number of carboxylic acid groups (broad SMARTS) is 1. The average molecular weight is 289 g/mol. The Morgan fingerprint density at radius 1 is 1.33 bits per heavy atom. The molecule has 21 heavy (non-hydrogen) atoms. The molecule has 112 valence electrons. The Kier molecular flexibility index (Phi) is 3.31. The second-order valence-corrected chi connectivity index (χ2v) is 5.90. The van der Waals surface area contributed by atoms with Crippen LogP contribution in [0.15, 0.2) is 12.1 Å². The Morgan fingerprint density at radius 2 is 2.10 bits per heavy atom. The maximum absolute atomic E-state index is 12.5. The van der Waals surface area contributed by atoms with Gasteiger partial charge in [0, 0.05) is 17.8 Å². The van der Waals surface area contributed by atoms with Crippen LogP contribution in [0.25, 0.3) is 0 Å². The first-order valence-corrected chi connectivity index (χ1v) is 7.23. The van der Waals surface area contributed by atoms with Crippen LogP contribution in [-0.4, -0.2) is 39.1 Å². The molecule has 2 fully saturated rings. The van der Waals surface area contributed by atoms with Crippen molar-refractivity contribution in [1.82, 2.24) is 9.88 Å². The van der Waals surface area contributed by atoms with Crippen molar-refractivity contribution >= 4 is 17.7 Å². The molecule has 1 aromatic rings. The van der Waals surface area contributed by atoms with Crippen LogP contribution in [-0.2, 0) is 4.79 Å². The highest BCUT2D eigenvalue weighted by Gasteiger charge is 2.51. The molecule has 6 heteroatoms. The summed E-state index contributed by atoms with van der Waals surface area (Å²) in [5.74, 6) is -1.22. The zero-order chi connectivity index (χ0) is 15.1. The molecule has 0 aliphatic carbocycles. The first kappa shape index (κ1) is 13.9. The van der Waals surface area contributed by atoms with Crippen LogP contribution in [0.3, 0.4) is 0 Å². The number of aliphatic carboxylic acids is 1. The van der Waals surface area contributed by atoms with E-state index >= 15 is 0 Å². The molecule has 2 saturated heterocycles. The molecule has 2 amide bonds. The van der Waals surface area contributed by atoms with Crippen molar-refractivity contribution in [2.24, 2.45) is 5.92 Å². The van der Waals surface area contributed by atoms with E-state index in [1.54, 1.807) is 4.90 Å². The van der Waals surface area contributed by atoms with Crippen LogP contribution in [0.5, 0.6) is 0 Å². The monoisotopic (exact) mass is 289 g/mol. The number of amides is 2. The Hall–Kier alpha value is -2.11. The Bertz CT molecular complexity index is 602. The number of aryl methyl sites for hydroxylation is 2. The highest BCUT2D eigenvalue weighted by Crippen LogP contribution is 2.42. The van der Waals surface area contributed by atoms with Crippen LogP contribution in [0, 0.1) is 19.8 Å². The lowest BCUT2D eigenvalue weighted by Gasteiger charge is -2.23. The number of nitrogens with one attached hydrogen (secondary N) is 1. The molecule has 1 aromatic heterocycles. The summed E-state index contributed by atoms with van der Waals surface area (Å²) in [6.45, 7) is 3.75. The van der Waals surface area contributed by atoms with Gasteiger partial charge in [-0.1, -0.05) is 0 Å². The third-order valence-corrected chi connectivity index (χ3v) is 4.56. The van der Waals surface area contributed by atoms with E-state index in [9.17, 15) is 14.7 Å². The van der Waals surface area contributed by atoms with Crippen LogP contribution in [0.2, 0.25) is 0 Å². The number of fused-ring (bicyclic) bond motifs is 2. The lowest BCUT2D eigenvalue weighted by atomic mass is 9.89. The number of aromatic nitrogens is 1. The number of hydrogen-bond acceptors (Lipinski definition) is 3. The molecule has 3 atom stereocenters. The minimum absolute atomic E-state index is 0.0508. The lowest BCUT2D eigenvalue weighted by Crippen LogP contribution is -2.40. The van der Waals surface area contributed by atoms with Gasteiger partial charge in [-0.25, -0.2) is 4.79 Å². The van der Waals surface area contributed by atoms with Gasteiger partial charge in [-0.15, -0.1) is 0 Å². The average Bonchev–Trinajstić information content (AvgIpc) is 2.99. The molecule has 0 radical (unpaired) electrons. The molecule has 0 aromatic carbocycles. The van der Waals surface area contributed by atoms with Gasteiger partial charge < -0.3 is 15.3 Å². The first-order valence-electron chi connectivity index (χ1n) is 7.23. The van der Waals surface area contributed by atoms with E-state index in [0.29, 0.717) is 12.1 Å². The van der Waals surface area contributed by atoms with Crippen LogP contribution < -0.4 is 5.32 Å². The molecular weight excluding hydrogens is 270 g/mol. The maximum atomic E-state index is 12.5. The van der Waals surface area contributed by atoms with Crippen molar-refractivity contribution in [3.05, 3.63) is 23.5 Å². The topological polar surface area (TPSA) is 82.5 Å². The largest absolute Gasteiger partial charge is 0.481 e. The number of hydrogen-bond donors (Lipinski definition) is 2. The van der Waals surface area contributed by atoms with Crippen molar-refractivity contribution in [2.45, 2.75) is 45.2 Å². The molecule has 0 spiro atoms. The predicted octanol–water partition coefficient (Wildman–Crippen LogP) is 2.17. The summed E-state index contributed by atoms with van der Waals surface area (Å²) in [4.78, 5) is 29.8. The minimum Gasteiger partial charge on any atom is -0.481 e. The van der Waals surface area contributed by atoms with Gasteiger partial charge in [-0.3, -0.25) is 9.78 Å². The normalized spacial score (nSPS) is 27.0. The molecular formula is C15H19N3O3. The van der Waals surface area contributed by atoms with E-state index in [1.807, 2.05) is 26.0 Å². The molecule has 2 aliphatic heterocycles. The molecule has 2 N–H and O–H groups in total. The Labute approximate surface area is 123 Å². The highest BCUT2D eigenvalue weighted by molar-refractivity contribution is 5.91. The third-order valence-electron chi connectivity index (χ3n) is 4.56. The first-order chi connectivity index (χ1) is 9.97. The van der Waals surface area contributed by atoms with Gasteiger partial charge in [0.2, 0.25) is 0 Å². The number of anilines is 1. The Morgan fingerprint density at radius 3 is 2.71 bits per heavy atom. The fraction of sp³-hybridized carbons (Fsp3) is 0.533. The van der Waals surface area contributed by atoms with Crippen molar-refractivity contribution in [3.63, 3.8) is 0 Å². The van der Waals surface area contributed by atoms with Gasteiger partial charge >= 0.3 is 12.0 Å². The number of rotatable bonds is 2. The van der Waals surface area contributed by atoms with Crippen LogP contribution >= 0.6 is 0 Å². The van der Waals surface area contributed by atoms with Crippen molar-refractivity contribution < 1.29 is 14.7 Å². The number of pyridine rings is 1. The minimum atomic E-state index is -0.798. The van der Waals surface area contributed by atoms with Crippen LogP contribution in [0.1, 0.15) is 30.7 Å². The maximum Gasteiger partial charge on any atom is 0.322 e. The van der Waals surface area contributed by atoms with E-state index in [1.165, 1.54) is 0 Å². The standard InChI is InChI=1S/C15H19N3O3/c1-8-3-5-12(9(2)16-8)17-15(21)18-10-4-6-13(18)11(7-10)14(19)20/h3,5,10-11,13H,4,6-7H2,1-2H3,(H,17,21)(H,19,20). The van der Waals surface area contributed by atoms with Gasteiger partial charge in [0.05, 0.1) is 17.3 Å². The lowest BCUT2D eigenvalue weighted by molar-refractivity contribution is -0.142. The van der Waals surface area contributed by atoms with Crippen LogP contribution in [0.4, 0.5) is 10.5 Å². The molecule has 3 heterocycles. The third kappa shape index (κ3) is 2.34. The number of carbonyl (C=O) groups is 2. The van der Waals surface area contributed by atoms with Crippen molar-refractivity contribution in [2.75, 3.05) is 5.32 Å². The zero-order valence-corrected chi connectivity index (χ0v) is 12.2. The van der Waals surface area contributed by atoms with E-state index in [-0.39, 0.29) is 18.1 Å². The van der Waals surface area contributed by atoms with Gasteiger partial charge in [-0.2, -0.15) is 0 Å². The fourth-order valence-corrected chi connectivity index (χ4v) is 3.57. The van der Waals surface area contributed by atoms with Crippen molar-refractivity contribution in [1.29, 1.82) is 0 Å². The quantitative estimate of drug-likeness (QED) is 0.874. The smallest absolute Gasteiger partial charge is 0.322 e. The molecule has 6 nitrogen and oxygen atoms in total. The summed E-state index contributed by atoms with van der Waals surface area (Å²) in [6, 6.07) is 3.35. The SMILES string of the molecule is Cc1ccc(NC(=O)N2C3CCC2C(C(=O)O)C3)c(C)n1. The molecule has 2 aliphatic rings. The number of carboxylic acids is 1. The second kappa shape index (κ2) is 5.02. The molecule has 3 unspecified atom stereocenters. The predicted molar refractivity (Wildman–Crippen MR) is 77.1 cm³/mol. The van der Waals surface area contributed by atoms with Gasteiger partial charge in [0.1, 0.15) is 0 Å². The fourth-order valence-electron chi connectivity index (χ4n) is 3.57. The summed E-state index contributed by atoms with van der Waals surface area (Å²) in [6.07, 6.45) is 2.24. The number of carbonyl (C=O) groups excluding carboxylic acids is 1. The summed E-state index contributed by atoms with van der Waals surface area (Å²) in [5.41, 5.74) is 2.35. The summed E-state index contributed by atoms with van der Waals surface area (Å²) >= 11 is 0. The second-order valence-electron chi connectivity index (χ2n) is 5.90. The summed E-state index contributed by atoms with van der Waals surface area (Å²) < 4.78 is 0. The molecule has 2 bridgehead atoms. The Balaban J connectivity index is 1.76. The van der Waals surface area contributed by atoms with E-state index < -0.39 is 11.9 Å². The number of nitrogens with zero attached hydrogens (tertiary/aromatic N) is 2. The van der Waals surface area contributed by atoms with Gasteiger partial charge in [0.15, 0.2) is 0 Å². The summed E-state index contributed by atoms with van der Waals surface area (Å²) in [5, 5.41) is 12.1. The van der Waals surface area contributed by atoms with E-state index in [0.717, 1.165) is 24.2 Å². The van der Waals surface area contributed by atoms with E-state index in [4.69, 9.17) is 0 Å². The van der Waals surface area contributed by atoms with Gasteiger partial charge in [0.25, 0.3) is 0 Å². The van der Waals surface area contributed by atoms with E-state index in [2.05, 4.69) is 10.3 Å².